The van der Waals surface area contributed by atoms with E-state index in [-0.39, 0.29) is 6.29 Å². The molecule has 96 valence electrons. The Balaban J connectivity index is 1.71. The SMILES string of the molecule is C/C=C1\Cc2ccc(OC3CCCCO3)cc2C1. The van der Waals surface area contributed by atoms with Crippen LogP contribution in [0.5, 0.6) is 5.75 Å². The standard InChI is InChI=1S/C16H20O2/c1-2-12-9-13-6-7-15(11-14(13)10-12)18-16-5-3-4-8-17-16/h2,6-7,11,16H,3-5,8-10H2,1H3/b12-2+. The Kier molecular flexibility index (Phi) is 3.37. The number of hydrogen-bond acceptors (Lipinski definition) is 2. The summed E-state index contributed by atoms with van der Waals surface area (Å²) in [7, 11) is 0. The molecular formula is C16H20O2. The van der Waals surface area contributed by atoms with E-state index < -0.39 is 0 Å². The maximum atomic E-state index is 5.91. The van der Waals surface area contributed by atoms with Gasteiger partial charge in [-0.15, -0.1) is 0 Å². The third kappa shape index (κ3) is 2.44. The van der Waals surface area contributed by atoms with Crippen molar-refractivity contribution in [3.05, 3.63) is 41.0 Å². The zero-order valence-corrected chi connectivity index (χ0v) is 10.9. The van der Waals surface area contributed by atoms with Crippen LogP contribution in [0.2, 0.25) is 0 Å². The molecule has 1 saturated heterocycles. The molecule has 3 rings (SSSR count). The fraction of sp³-hybridized carbons (Fsp3) is 0.500. The third-order valence-electron chi connectivity index (χ3n) is 3.83. The van der Waals surface area contributed by atoms with E-state index in [1.165, 1.54) is 23.1 Å². The van der Waals surface area contributed by atoms with E-state index in [2.05, 4.69) is 31.2 Å². The van der Waals surface area contributed by atoms with E-state index in [0.717, 1.165) is 38.0 Å². The van der Waals surface area contributed by atoms with Gasteiger partial charge in [0.15, 0.2) is 6.29 Å². The second-order valence-electron chi connectivity index (χ2n) is 5.14. The predicted molar refractivity (Wildman–Crippen MR) is 71.8 cm³/mol. The molecule has 18 heavy (non-hydrogen) atoms. The number of ether oxygens (including phenoxy) is 2. The van der Waals surface area contributed by atoms with Gasteiger partial charge in [0.05, 0.1) is 6.61 Å². The molecule has 0 aromatic heterocycles. The van der Waals surface area contributed by atoms with E-state index in [0.29, 0.717) is 0 Å². The van der Waals surface area contributed by atoms with Gasteiger partial charge in [-0.2, -0.15) is 0 Å². The van der Waals surface area contributed by atoms with E-state index in [4.69, 9.17) is 9.47 Å². The molecule has 2 aliphatic rings. The van der Waals surface area contributed by atoms with E-state index in [1.807, 2.05) is 0 Å². The average Bonchev–Trinajstić information content (AvgIpc) is 2.82. The summed E-state index contributed by atoms with van der Waals surface area (Å²) in [6.07, 6.45) is 7.75. The normalized spacial score (nSPS) is 25.2. The molecule has 0 radical (unpaired) electrons. The van der Waals surface area contributed by atoms with Crippen molar-refractivity contribution in [2.45, 2.75) is 45.3 Å². The van der Waals surface area contributed by atoms with Crippen molar-refractivity contribution in [1.82, 2.24) is 0 Å². The first-order valence-electron chi connectivity index (χ1n) is 6.89. The highest BCUT2D eigenvalue weighted by molar-refractivity contribution is 5.44. The fourth-order valence-electron chi connectivity index (χ4n) is 2.72. The zero-order valence-electron chi connectivity index (χ0n) is 10.9. The van der Waals surface area contributed by atoms with Crippen LogP contribution < -0.4 is 4.74 Å². The predicted octanol–water partition coefficient (Wildman–Crippen LogP) is 3.64. The van der Waals surface area contributed by atoms with Crippen molar-refractivity contribution >= 4 is 0 Å². The lowest BCUT2D eigenvalue weighted by Gasteiger charge is -2.23. The molecule has 0 amide bonds. The van der Waals surface area contributed by atoms with E-state index >= 15 is 0 Å². The lowest BCUT2D eigenvalue weighted by Crippen LogP contribution is -2.24. The summed E-state index contributed by atoms with van der Waals surface area (Å²) in [6.45, 7) is 2.95. The van der Waals surface area contributed by atoms with Crippen molar-refractivity contribution < 1.29 is 9.47 Å². The summed E-state index contributed by atoms with van der Waals surface area (Å²) in [5.41, 5.74) is 4.37. The maximum Gasteiger partial charge on any atom is 0.199 e. The summed E-state index contributed by atoms with van der Waals surface area (Å²) in [4.78, 5) is 0. The lowest BCUT2D eigenvalue weighted by atomic mass is 10.1. The number of fused-ring (bicyclic) bond motifs is 1. The molecule has 1 heterocycles. The molecule has 1 aliphatic heterocycles. The van der Waals surface area contributed by atoms with Crippen LogP contribution in [0.4, 0.5) is 0 Å². The Bertz CT molecular complexity index is 456. The van der Waals surface area contributed by atoms with Gasteiger partial charge in [-0.3, -0.25) is 0 Å². The molecule has 0 bridgehead atoms. The number of allylic oxidation sites excluding steroid dienone is 2. The van der Waals surface area contributed by atoms with Gasteiger partial charge in [-0.05, 0) is 55.9 Å². The summed E-state index contributed by atoms with van der Waals surface area (Å²) < 4.78 is 11.5. The van der Waals surface area contributed by atoms with Crippen LogP contribution >= 0.6 is 0 Å². The molecule has 2 nitrogen and oxygen atoms in total. The van der Waals surface area contributed by atoms with E-state index in [9.17, 15) is 0 Å². The summed E-state index contributed by atoms with van der Waals surface area (Å²) in [6, 6.07) is 6.46. The second kappa shape index (κ2) is 5.15. The number of rotatable bonds is 2. The van der Waals surface area contributed by atoms with Gasteiger partial charge in [-0.25, -0.2) is 0 Å². The first kappa shape index (κ1) is 11.8. The Morgan fingerprint density at radius 3 is 2.89 bits per heavy atom. The topological polar surface area (TPSA) is 18.5 Å². The van der Waals surface area contributed by atoms with Gasteiger partial charge in [0.2, 0.25) is 0 Å². The third-order valence-corrected chi connectivity index (χ3v) is 3.83. The van der Waals surface area contributed by atoms with Crippen LogP contribution in [0.15, 0.2) is 29.8 Å². The van der Waals surface area contributed by atoms with Crippen molar-refractivity contribution in [3.63, 3.8) is 0 Å². The average molecular weight is 244 g/mol. The van der Waals surface area contributed by atoms with Gasteiger partial charge >= 0.3 is 0 Å². The summed E-state index contributed by atoms with van der Waals surface area (Å²) >= 11 is 0. The van der Waals surface area contributed by atoms with Crippen molar-refractivity contribution in [2.24, 2.45) is 0 Å². The largest absolute Gasteiger partial charge is 0.465 e. The minimum absolute atomic E-state index is 0.0422. The highest BCUT2D eigenvalue weighted by atomic mass is 16.7. The Labute approximate surface area is 109 Å². The van der Waals surface area contributed by atoms with Crippen molar-refractivity contribution in [1.29, 1.82) is 0 Å². The molecule has 0 spiro atoms. The minimum Gasteiger partial charge on any atom is -0.465 e. The highest BCUT2D eigenvalue weighted by Gasteiger charge is 2.18. The van der Waals surface area contributed by atoms with Gasteiger partial charge in [0.1, 0.15) is 5.75 Å². The smallest absolute Gasteiger partial charge is 0.199 e. The fourth-order valence-corrected chi connectivity index (χ4v) is 2.72. The number of benzene rings is 1. The first-order valence-corrected chi connectivity index (χ1v) is 6.89. The summed E-state index contributed by atoms with van der Waals surface area (Å²) in [5.74, 6) is 0.956. The lowest BCUT2D eigenvalue weighted by molar-refractivity contribution is -0.105. The zero-order chi connectivity index (χ0) is 12.4. The molecule has 0 saturated carbocycles. The minimum atomic E-state index is -0.0422. The van der Waals surface area contributed by atoms with E-state index in [1.54, 1.807) is 0 Å². The van der Waals surface area contributed by atoms with Crippen LogP contribution in [0.1, 0.15) is 37.3 Å². The van der Waals surface area contributed by atoms with Crippen molar-refractivity contribution in [3.8, 4) is 5.75 Å². The Morgan fingerprint density at radius 1 is 1.22 bits per heavy atom. The monoisotopic (exact) mass is 244 g/mol. The van der Waals surface area contributed by atoms with Crippen LogP contribution in [0.25, 0.3) is 0 Å². The Hall–Kier alpha value is -1.28. The van der Waals surface area contributed by atoms with Gasteiger partial charge in [0.25, 0.3) is 0 Å². The Morgan fingerprint density at radius 2 is 2.11 bits per heavy atom. The molecule has 1 aromatic carbocycles. The quantitative estimate of drug-likeness (QED) is 0.739. The molecule has 1 aliphatic carbocycles. The number of hydrogen-bond donors (Lipinski definition) is 0. The molecule has 2 heteroatoms. The summed E-state index contributed by atoms with van der Waals surface area (Å²) in [5, 5.41) is 0. The van der Waals surface area contributed by atoms with Gasteiger partial charge < -0.3 is 9.47 Å². The molecule has 0 N–H and O–H groups in total. The van der Waals surface area contributed by atoms with Crippen molar-refractivity contribution in [2.75, 3.05) is 6.61 Å². The second-order valence-corrected chi connectivity index (χ2v) is 5.14. The van der Waals surface area contributed by atoms with Crippen LogP contribution in [-0.2, 0) is 17.6 Å². The van der Waals surface area contributed by atoms with Gasteiger partial charge in [0, 0.05) is 6.42 Å². The maximum absolute atomic E-state index is 5.91. The molecule has 1 fully saturated rings. The molecule has 1 atom stereocenters. The van der Waals surface area contributed by atoms with Crippen LogP contribution in [0.3, 0.4) is 0 Å². The van der Waals surface area contributed by atoms with Crippen LogP contribution in [-0.4, -0.2) is 12.9 Å². The highest BCUT2D eigenvalue weighted by Crippen LogP contribution is 2.30. The van der Waals surface area contributed by atoms with Crippen LogP contribution in [0, 0.1) is 0 Å². The first-order chi connectivity index (χ1) is 8.85. The molecule has 1 aromatic rings. The molecular weight excluding hydrogens is 224 g/mol. The molecule has 1 unspecified atom stereocenters. The van der Waals surface area contributed by atoms with Gasteiger partial charge in [-0.1, -0.05) is 17.7 Å².